The van der Waals surface area contributed by atoms with Gasteiger partial charge in [0.05, 0.1) is 5.69 Å². The minimum Gasteiger partial charge on any atom is -0.381 e. The largest absolute Gasteiger partial charge is 0.381 e. The fourth-order valence-electron chi connectivity index (χ4n) is 1.70. The van der Waals surface area contributed by atoms with Crippen LogP contribution in [0, 0.1) is 6.92 Å². The summed E-state index contributed by atoms with van der Waals surface area (Å²) in [5, 5.41) is 3.89. The van der Waals surface area contributed by atoms with Crippen LogP contribution in [0.25, 0.3) is 0 Å². The normalized spacial score (nSPS) is 11.7. The van der Waals surface area contributed by atoms with Gasteiger partial charge in [-0.25, -0.2) is 13.1 Å². The van der Waals surface area contributed by atoms with Crippen molar-refractivity contribution in [3.63, 3.8) is 0 Å². The van der Waals surface area contributed by atoms with Crippen molar-refractivity contribution < 1.29 is 8.42 Å². The number of aryl methyl sites for hydroxylation is 1. The van der Waals surface area contributed by atoms with Crippen molar-refractivity contribution in [1.82, 2.24) is 19.5 Å². The van der Waals surface area contributed by atoms with Crippen LogP contribution in [0.3, 0.4) is 0 Å². The lowest BCUT2D eigenvalue weighted by Gasteiger charge is -2.06. The van der Waals surface area contributed by atoms with Crippen molar-refractivity contribution in [3.05, 3.63) is 35.8 Å². The fraction of sp³-hybridized carbons (Fsp3) is 0.273. The molecule has 0 aromatic carbocycles. The number of hydrogen-bond acceptors (Lipinski definition) is 5. The van der Waals surface area contributed by atoms with Crippen LogP contribution in [0.2, 0.25) is 0 Å². The molecule has 2 rings (SSSR count). The summed E-state index contributed by atoms with van der Waals surface area (Å²) < 4.78 is 28.3. The molecule has 102 valence electrons. The van der Waals surface area contributed by atoms with Crippen LogP contribution in [0.5, 0.6) is 0 Å². The molecule has 8 heteroatoms. The number of nitrogens with one attached hydrogen (secondary N) is 1. The molecule has 0 unspecified atom stereocenters. The molecule has 0 aliphatic carbocycles. The smallest absolute Gasteiger partial charge is 0.246 e. The zero-order chi connectivity index (χ0) is 14.0. The van der Waals surface area contributed by atoms with Gasteiger partial charge in [0.25, 0.3) is 0 Å². The summed E-state index contributed by atoms with van der Waals surface area (Å²) in [7, 11) is -2.04. The van der Waals surface area contributed by atoms with E-state index in [2.05, 4.69) is 14.8 Å². The Morgan fingerprint density at radius 1 is 1.47 bits per heavy atom. The van der Waals surface area contributed by atoms with E-state index in [4.69, 9.17) is 5.73 Å². The highest BCUT2D eigenvalue weighted by molar-refractivity contribution is 7.89. The summed E-state index contributed by atoms with van der Waals surface area (Å²) in [5.41, 5.74) is 6.90. The number of anilines is 1. The Hall–Kier alpha value is -1.93. The summed E-state index contributed by atoms with van der Waals surface area (Å²) in [6, 6.07) is 3.53. The maximum Gasteiger partial charge on any atom is 0.246 e. The molecule has 0 radical (unpaired) electrons. The van der Waals surface area contributed by atoms with Crippen molar-refractivity contribution in [2.75, 3.05) is 5.73 Å². The van der Waals surface area contributed by atoms with E-state index in [1.54, 1.807) is 38.5 Å². The average Bonchev–Trinajstić information content (AvgIpc) is 2.63. The third-order valence-corrected chi connectivity index (χ3v) is 4.33. The molecule has 0 fully saturated rings. The van der Waals surface area contributed by atoms with Crippen molar-refractivity contribution in [2.45, 2.75) is 18.4 Å². The summed E-state index contributed by atoms with van der Waals surface area (Å²) >= 11 is 0. The number of nitrogen functional groups attached to an aromatic ring is 1. The molecule has 2 heterocycles. The van der Waals surface area contributed by atoms with Gasteiger partial charge in [-0.1, -0.05) is 6.07 Å². The average molecular weight is 281 g/mol. The molecule has 0 amide bonds. The lowest BCUT2D eigenvalue weighted by atomic mass is 10.3. The molecule has 2 aromatic heterocycles. The SMILES string of the molecule is Cc1c(S(=O)(=O)NCc2cccnc2)c(N)nn1C. The second kappa shape index (κ2) is 4.98. The Morgan fingerprint density at radius 3 is 2.74 bits per heavy atom. The van der Waals surface area contributed by atoms with Crippen LogP contribution >= 0.6 is 0 Å². The maximum atomic E-state index is 12.2. The molecule has 0 aliphatic rings. The van der Waals surface area contributed by atoms with Gasteiger partial charge in [0, 0.05) is 26.0 Å². The van der Waals surface area contributed by atoms with E-state index < -0.39 is 10.0 Å². The van der Waals surface area contributed by atoms with E-state index in [-0.39, 0.29) is 17.3 Å². The van der Waals surface area contributed by atoms with Crippen LogP contribution in [0.4, 0.5) is 5.82 Å². The van der Waals surface area contributed by atoms with Crippen LogP contribution in [-0.2, 0) is 23.6 Å². The summed E-state index contributed by atoms with van der Waals surface area (Å²) in [4.78, 5) is 3.95. The second-order valence-corrected chi connectivity index (χ2v) is 5.81. The number of aromatic nitrogens is 3. The highest BCUT2D eigenvalue weighted by Crippen LogP contribution is 2.20. The lowest BCUT2D eigenvalue weighted by molar-refractivity contribution is 0.580. The van der Waals surface area contributed by atoms with Gasteiger partial charge in [0.2, 0.25) is 10.0 Å². The number of pyridine rings is 1. The van der Waals surface area contributed by atoms with E-state index >= 15 is 0 Å². The van der Waals surface area contributed by atoms with E-state index in [0.717, 1.165) is 5.56 Å². The van der Waals surface area contributed by atoms with Crippen molar-refractivity contribution in [1.29, 1.82) is 0 Å². The number of hydrogen-bond donors (Lipinski definition) is 2. The van der Waals surface area contributed by atoms with Gasteiger partial charge < -0.3 is 5.73 Å². The molecular weight excluding hydrogens is 266 g/mol. The van der Waals surface area contributed by atoms with Crippen LogP contribution in [0.1, 0.15) is 11.3 Å². The molecule has 3 N–H and O–H groups in total. The molecule has 19 heavy (non-hydrogen) atoms. The molecule has 2 aromatic rings. The molecule has 0 spiro atoms. The first-order chi connectivity index (χ1) is 8.92. The lowest BCUT2D eigenvalue weighted by Crippen LogP contribution is -2.24. The number of nitrogens with zero attached hydrogens (tertiary/aromatic N) is 3. The second-order valence-electron chi connectivity index (χ2n) is 4.11. The Morgan fingerprint density at radius 2 is 2.21 bits per heavy atom. The third-order valence-electron chi connectivity index (χ3n) is 2.76. The Kier molecular flexibility index (Phi) is 3.54. The minimum absolute atomic E-state index is 0.00122. The van der Waals surface area contributed by atoms with E-state index in [1.165, 1.54) is 4.68 Å². The molecule has 0 atom stereocenters. The zero-order valence-electron chi connectivity index (χ0n) is 10.7. The molecule has 0 saturated carbocycles. The van der Waals surface area contributed by atoms with Gasteiger partial charge in [-0.05, 0) is 18.6 Å². The standard InChI is InChI=1S/C11H15N5O2S/c1-8-10(11(12)15-16(8)2)19(17,18)14-7-9-4-3-5-13-6-9/h3-6,14H,7H2,1-2H3,(H2,12,15). The summed E-state index contributed by atoms with van der Waals surface area (Å²) in [6.45, 7) is 1.81. The maximum absolute atomic E-state index is 12.2. The van der Waals surface area contributed by atoms with Crippen LogP contribution in [-0.4, -0.2) is 23.2 Å². The van der Waals surface area contributed by atoms with Crippen LogP contribution < -0.4 is 10.5 Å². The van der Waals surface area contributed by atoms with E-state index in [0.29, 0.717) is 5.69 Å². The number of sulfonamides is 1. The molecule has 0 aliphatic heterocycles. The number of rotatable bonds is 4. The quantitative estimate of drug-likeness (QED) is 0.832. The Balaban J connectivity index is 2.24. The fourth-order valence-corrected chi connectivity index (χ4v) is 3.04. The summed E-state index contributed by atoms with van der Waals surface area (Å²) in [6.07, 6.45) is 3.23. The van der Waals surface area contributed by atoms with Gasteiger partial charge in [-0.2, -0.15) is 5.10 Å². The first kappa shape index (κ1) is 13.5. The van der Waals surface area contributed by atoms with E-state index in [1.807, 2.05) is 0 Å². The van der Waals surface area contributed by atoms with Gasteiger partial charge >= 0.3 is 0 Å². The zero-order valence-corrected chi connectivity index (χ0v) is 11.5. The van der Waals surface area contributed by atoms with Gasteiger partial charge in [-0.15, -0.1) is 0 Å². The van der Waals surface area contributed by atoms with E-state index in [9.17, 15) is 8.42 Å². The number of nitrogens with two attached hydrogens (primary N) is 1. The van der Waals surface area contributed by atoms with Crippen LogP contribution in [0.15, 0.2) is 29.4 Å². The monoisotopic (exact) mass is 281 g/mol. The predicted octanol–water partition coefficient (Wildman–Crippen LogP) is 0.184. The van der Waals surface area contributed by atoms with Crippen molar-refractivity contribution in [2.24, 2.45) is 7.05 Å². The van der Waals surface area contributed by atoms with Gasteiger partial charge in [0.1, 0.15) is 4.90 Å². The minimum atomic E-state index is -3.69. The Labute approximate surface area is 111 Å². The first-order valence-corrected chi connectivity index (χ1v) is 7.08. The molecular formula is C11H15N5O2S. The predicted molar refractivity (Wildman–Crippen MR) is 70.6 cm³/mol. The molecule has 7 nitrogen and oxygen atoms in total. The summed E-state index contributed by atoms with van der Waals surface area (Å²) in [5.74, 6) is -0.00122. The third kappa shape index (κ3) is 2.74. The van der Waals surface area contributed by atoms with Crippen molar-refractivity contribution >= 4 is 15.8 Å². The van der Waals surface area contributed by atoms with Gasteiger partial charge in [-0.3, -0.25) is 9.67 Å². The first-order valence-electron chi connectivity index (χ1n) is 5.59. The highest BCUT2D eigenvalue weighted by atomic mass is 32.2. The molecule has 0 saturated heterocycles. The highest BCUT2D eigenvalue weighted by Gasteiger charge is 2.24. The molecule has 0 bridgehead atoms. The van der Waals surface area contributed by atoms with Crippen molar-refractivity contribution in [3.8, 4) is 0 Å². The topological polar surface area (TPSA) is 103 Å². The van der Waals surface area contributed by atoms with Gasteiger partial charge in [0.15, 0.2) is 5.82 Å². The Bertz CT molecular complexity index is 679.